The van der Waals surface area contributed by atoms with Crippen LogP contribution in [0.1, 0.15) is 239 Å². The molecular weight excluding hydrogens is 825 g/mol. The van der Waals surface area contributed by atoms with Crippen molar-refractivity contribution in [3.8, 4) is 0 Å². The molecule has 6 atom stereocenters. The fourth-order valence-corrected chi connectivity index (χ4v) is 8.72. The Morgan fingerprint density at radius 2 is 1.03 bits per heavy atom. The van der Waals surface area contributed by atoms with Crippen molar-refractivity contribution in [3.05, 3.63) is 12.2 Å². The minimum atomic E-state index is -5.06. The van der Waals surface area contributed by atoms with E-state index in [0.29, 0.717) is 13.0 Å². The van der Waals surface area contributed by atoms with E-state index in [1.807, 2.05) is 0 Å². The number of aliphatic hydroxyl groups is 3. The van der Waals surface area contributed by atoms with Crippen molar-refractivity contribution in [2.45, 2.75) is 275 Å². The van der Waals surface area contributed by atoms with Crippen LogP contribution in [0.15, 0.2) is 12.2 Å². The smallest absolute Gasteiger partial charge is 0.397 e. The summed E-state index contributed by atoms with van der Waals surface area (Å²) in [5, 5.41) is 30.7. The quantitative estimate of drug-likeness (QED) is 0.0197. The molecule has 4 N–H and O–H groups in total. The molecular formula is C50H96O12S. The van der Waals surface area contributed by atoms with Gasteiger partial charge in [0.25, 0.3) is 0 Å². The zero-order valence-corrected chi connectivity index (χ0v) is 41.0. The SMILES string of the molecule is CCC/C=C\CCCCCCCCOCC(COC1OC(CO)C(O)C(OS(=O)(=O)O)C1O)OC(=O)CCCCCCCCCCCCCCCCCCCCCCCCCCC. The number of hydrogen-bond donors (Lipinski definition) is 4. The van der Waals surface area contributed by atoms with Crippen molar-refractivity contribution >= 4 is 16.4 Å². The molecule has 1 aliphatic rings. The molecule has 0 aromatic carbocycles. The van der Waals surface area contributed by atoms with Crippen molar-refractivity contribution in [2.24, 2.45) is 0 Å². The van der Waals surface area contributed by atoms with Gasteiger partial charge in [-0.05, 0) is 32.1 Å². The van der Waals surface area contributed by atoms with Gasteiger partial charge in [-0.3, -0.25) is 9.35 Å². The minimum absolute atomic E-state index is 0.0368. The van der Waals surface area contributed by atoms with Crippen LogP contribution in [-0.4, -0.2) is 97.5 Å². The summed E-state index contributed by atoms with van der Waals surface area (Å²) in [5.41, 5.74) is 0. The van der Waals surface area contributed by atoms with E-state index < -0.39 is 59.8 Å². The molecule has 6 unspecified atom stereocenters. The first-order valence-electron chi connectivity index (χ1n) is 25.9. The van der Waals surface area contributed by atoms with Gasteiger partial charge in [0.1, 0.15) is 30.5 Å². The zero-order valence-electron chi connectivity index (χ0n) is 40.2. The lowest BCUT2D eigenvalue weighted by atomic mass is 9.99. The van der Waals surface area contributed by atoms with E-state index >= 15 is 0 Å². The van der Waals surface area contributed by atoms with Gasteiger partial charge in [0, 0.05) is 13.0 Å². The van der Waals surface area contributed by atoms with Crippen molar-refractivity contribution < 1.29 is 56.2 Å². The van der Waals surface area contributed by atoms with Gasteiger partial charge >= 0.3 is 16.4 Å². The molecule has 374 valence electrons. The predicted octanol–water partition coefficient (Wildman–Crippen LogP) is 11.8. The fourth-order valence-electron chi connectivity index (χ4n) is 8.21. The summed E-state index contributed by atoms with van der Waals surface area (Å²) in [6.07, 6.45) is 38.4. The highest BCUT2D eigenvalue weighted by Crippen LogP contribution is 2.26. The lowest BCUT2D eigenvalue weighted by Gasteiger charge is -2.41. The monoisotopic (exact) mass is 921 g/mol. The molecule has 1 heterocycles. The number of aliphatic hydroxyl groups excluding tert-OH is 3. The summed E-state index contributed by atoms with van der Waals surface area (Å²) in [7, 11) is -5.06. The van der Waals surface area contributed by atoms with Crippen LogP contribution < -0.4 is 0 Å². The highest BCUT2D eigenvalue weighted by Gasteiger charge is 2.48. The molecule has 1 saturated heterocycles. The molecule has 0 radical (unpaired) electrons. The maximum absolute atomic E-state index is 12.9. The van der Waals surface area contributed by atoms with E-state index in [9.17, 15) is 28.5 Å². The molecule has 12 nitrogen and oxygen atoms in total. The lowest BCUT2D eigenvalue weighted by Crippen LogP contribution is -2.60. The Morgan fingerprint density at radius 3 is 1.49 bits per heavy atom. The Hall–Kier alpha value is -1.16. The molecule has 0 aliphatic carbocycles. The van der Waals surface area contributed by atoms with Crippen molar-refractivity contribution in [2.75, 3.05) is 26.4 Å². The molecule has 13 heteroatoms. The van der Waals surface area contributed by atoms with Crippen LogP contribution in [-0.2, 0) is 38.3 Å². The van der Waals surface area contributed by atoms with Crippen molar-refractivity contribution in [1.29, 1.82) is 0 Å². The third-order valence-corrected chi connectivity index (χ3v) is 12.6. The van der Waals surface area contributed by atoms with E-state index in [2.05, 4.69) is 30.2 Å². The van der Waals surface area contributed by atoms with Crippen molar-refractivity contribution in [3.63, 3.8) is 0 Å². The van der Waals surface area contributed by atoms with Crippen LogP contribution in [0.4, 0.5) is 0 Å². The maximum atomic E-state index is 12.9. The van der Waals surface area contributed by atoms with E-state index in [4.69, 9.17) is 23.5 Å². The van der Waals surface area contributed by atoms with Crippen LogP contribution in [0.2, 0.25) is 0 Å². The molecule has 0 amide bonds. The Bertz CT molecular complexity index is 1150. The van der Waals surface area contributed by atoms with Gasteiger partial charge in [0.2, 0.25) is 0 Å². The molecule has 0 saturated carbocycles. The van der Waals surface area contributed by atoms with E-state index in [0.717, 1.165) is 51.4 Å². The Labute approximate surface area is 385 Å². The minimum Gasteiger partial charge on any atom is -0.457 e. The van der Waals surface area contributed by atoms with Crippen molar-refractivity contribution in [1.82, 2.24) is 0 Å². The van der Waals surface area contributed by atoms with Crippen LogP contribution in [0, 0.1) is 0 Å². The highest BCUT2D eigenvalue weighted by molar-refractivity contribution is 7.80. The highest BCUT2D eigenvalue weighted by atomic mass is 32.3. The molecule has 0 bridgehead atoms. The Morgan fingerprint density at radius 1 is 0.587 bits per heavy atom. The second kappa shape index (κ2) is 42.2. The summed E-state index contributed by atoms with van der Waals surface area (Å²) in [6, 6.07) is 0. The van der Waals surface area contributed by atoms with Gasteiger partial charge in [0.15, 0.2) is 6.29 Å². The number of carbonyl (C=O) groups is 1. The number of allylic oxidation sites excluding steroid dienone is 2. The van der Waals surface area contributed by atoms with Crippen LogP contribution in [0.25, 0.3) is 0 Å². The first-order chi connectivity index (χ1) is 30.6. The number of ether oxygens (including phenoxy) is 4. The van der Waals surface area contributed by atoms with Gasteiger partial charge in [-0.2, -0.15) is 8.42 Å². The second-order valence-electron chi connectivity index (χ2n) is 18.1. The molecule has 1 rings (SSSR count). The first-order valence-corrected chi connectivity index (χ1v) is 27.3. The Balaban J connectivity index is 2.26. The van der Waals surface area contributed by atoms with Gasteiger partial charge < -0.3 is 34.3 Å². The molecule has 63 heavy (non-hydrogen) atoms. The predicted molar refractivity (Wildman–Crippen MR) is 253 cm³/mol. The number of rotatable bonds is 46. The molecule has 0 spiro atoms. The van der Waals surface area contributed by atoms with E-state index in [1.54, 1.807) is 0 Å². The fraction of sp³-hybridized carbons (Fsp3) is 0.940. The molecule has 0 aromatic rings. The molecule has 1 aliphatic heterocycles. The maximum Gasteiger partial charge on any atom is 0.397 e. The van der Waals surface area contributed by atoms with Crippen LogP contribution >= 0.6 is 0 Å². The summed E-state index contributed by atoms with van der Waals surface area (Å²) in [4.78, 5) is 12.9. The van der Waals surface area contributed by atoms with Gasteiger partial charge in [-0.25, -0.2) is 4.18 Å². The van der Waals surface area contributed by atoms with E-state index in [1.165, 1.54) is 161 Å². The first kappa shape index (κ1) is 59.9. The zero-order chi connectivity index (χ0) is 46.1. The van der Waals surface area contributed by atoms with Crippen LogP contribution in [0.3, 0.4) is 0 Å². The van der Waals surface area contributed by atoms with Crippen LogP contribution in [0.5, 0.6) is 0 Å². The lowest BCUT2D eigenvalue weighted by molar-refractivity contribution is -0.301. The summed E-state index contributed by atoms with van der Waals surface area (Å²) in [6.45, 7) is 3.96. The second-order valence-corrected chi connectivity index (χ2v) is 19.2. The Kier molecular flexibility index (Phi) is 40.1. The van der Waals surface area contributed by atoms with Gasteiger partial charge in [0.05, 0.1) is 19.8 Å². The third kappa shape index (κ3) is 35.7. The summed E-state index contributed by atoms with van der Waals surface area (Å²) >= 11 is 0. The largest absolute Gasteiger partial charge is 0.457 e. The number of carbonyl (C=O) groups excluding carboxylic acids is 1. The topological polar surface area (TPSA) is 178 Å². The summed E-state index contributed by atoms with van der Waals surface area (Å²) < 4.78 is 59.1. The summed E-state index contributed by atoms with van der Waals surface area (Å²) in [5.74, 6) is -0.396. The number of hydrogen-bond acceptors (Lipinski definition) is 11. The standard InChI is InChI=1S/C50H96O12S/c1-3-5-7-9-11-13-15-16-17-18-19-20-21-22-23-24-25-26-27-28-29-31-33-35-37-39-46(52)60-44(42-58-40-38-36-34-32-30-14-12-10-8-6-4-2)43-59-50-48(54)49(62-63(55,56)57)47(53)45(41-51)61-50/h8,10,44-45,47-51,53-54H,3-7,9,11-43H2,1-2H3,(H,55,56,57)/b10-8-. The number of esters is 1. The van der Waals surface area contributed by atoms with Gasteiger partial charge in [-0.15, -0.1) is 0 Å². The average Bonchev–Trinajstić information content (AvgIpc) is 3.26. The third-order valence-electron chi connectivity index (χ3n) is 12.1. The average molecular weight is 921 g/mol. The van der Waals surface area contributed by atoms with E-state index in [-0.39, 0.29) is 19.6 Å². The number of unbranched alkanes of at least 4 members (excludes halogenated alkanes) is 31. The molecule has 0 aromatic heterocycles. The molecule has 1 fully saturated rings. The van der Waals surface area contributed by atoms with Gasteiger partial charge in [-0.1, -0.05) is 212 Å². The normalized spacial score (nSPS) is 19.9.